The molecule has 0 aromatic heterocycles. The zero-order chi connectivity index (χ0) is 24.6. The number of ether oxygens (including phenoxy) is 1. The summed E-state index contributed by atoms with van der Waals surface area (Å²) in [6.45, 7) is 3.79. The van der Waals surface area contributed by atoms with E-state index in [0.29, 0.717) is 11.3 Å². The lowest BCUT2D eigenvalue weighted by molar-refractivity contribution is -0.127. The molecular formula is C28H20FNO5. The summed E-state index contributed by atoms with van der Waals surface area (Å²) in [5.74, 6) is -5.38. The number of aryl methyl sites for hydroxylation is 2. The quantitative estimate of drug-likeness (QED) is 0.416. The molecule has 6 nitrogen and oxygen atoms in total. The van der Waals surface area contributed by atoms with Gasteiger partial charge < -0.3 is 4.74 Å². The summed E-state index contributed by atoms with van der Waals surface area (Å²) >= 11 is 0. The monoisotopic (exact) mass is 469 g/mol. The summed E-state index contributed by atoms with van der Waals surface area (Å²) in [7, 11) is 0. The number of fused-ring (bicyclic) bond motifs is 3. The fraction of sp³-hybridized carbons (Fsp3) is 0.214. The molecule has 1 spiro atoms. The van der Waals surface area contributed by atoms with Gasteiger partial charge in [-0.15, -0.1) is 0 Å². The second kappa shape index (κ2) is 7.26. The third-order valence-corrected chi connectivity index (χ3v) is 7.47. The molecule has 0 N–H and O–H groups in total. The standard InChI is InChI=1S/C28H20FNO5/c1-14-7-12-18(13-15(14)2)30-26(33)21-22(27(30)34)28(35-23(21)16-8-10-17(29)11-9-16)24(31)19-5-3-4-6-20(19)25(28)32/h3-13,21-23H,1-2H3/t21-,22+,23-/m1/s1. The van der Waals surface area contributed by atoms with Gasteiger partial charge in [0.05, 0.1) is 23.6 Å². The largest absolute Gasteiger partial charge is 0.349 e. The third kappa shape index (κ3) is 2.73. The molecule has 2 heterocycles. The summed E-state index contributed by atoms with van der Waals surface area (Å²) in [6.07, 6.45) is -1.07. The van der Waals surface area contributed by atoms with Crippen LogP contribution in [0.2, 0.25) is 0 Å². The Hall–Kier alpha value is -3.97. The minimum atomic E-state index is -2.14. The Bertz CT molecular complexity index is 1430. The minimum absolute atomic E-state index is 0.167. The number of imide groups is 1. The number of amides is 2. The van der Waals surface area contributed by atoms with Gasteiger partial charge in [0.1, 0.15) is 5.82 Å². The molecule has 35 heavy (non-hydrogen) atoms. The Labute approximate surface area is 200 Å². The van der Waals surface area contributed by atoms with Crippen LogP contribution in [0.5, 0.6) is 0 Å². The van der Waals surface area contributed by atoms with E-state index in [4.69, 9.17) is 4.74 Å². The fourth-order valence-electron chi connectivity index (χ4n) is 5.59. The number of carbonyl (C=O) groups excluding carboxylic acids is 4. The number of rotatable bonds is 2. The van der Waals surface area contributed by atoms with Crippen molar-refractivity contribution in [1.82, 2.24) is 0 Å². The van der Waals surface area contributed by atoms with Gasteiger partial charge in [-0.3, -0.25) is 19.2 Å². The van der Waals surface area contributed by atoms with E-state index in [9.17, 15) is 23.6 Å². The summed E-state index contributed by atoms with van der Waals surface area (Å²) in [6, 6.07) is 16.9. The molecule has 174 valence electrons. The van der Waals surface area contributed by atoms with E-state index in [1.165, 1.54) is 36.4 Å². The Morgan fingerprint density at radius 1 is 0.800 bits per heavy atom. The molecule has 2 amide bonds. The average Bonchev–Trinajstić information content (AvgIpc) is 3.41. The first-order valence-corrected chi connectivity index (χ1v) is 11.3. The van der Waals surface area contributed by atoms with Crippen molar-refractivity contribution in [2.75, 3.05) is 4.90 Å². The van der Waals surface area contributed by atoms with Crippen LogP contribution in [-0.4, -0.2) is 29.0 Å². The molecule has 2 saturated heterocycles. The zero-order valence-electron chi connectivity index (χ0n) is 18.9. The molecule has 3 atom stereocenters. The summed E-state index contributed by atoms with van der Waals surface area (Å²) < 4.78 is 19.8. The van der Waals surface area contributed by atoms with Gasteiger partial charge in [-0.2, -0.15) is 0 Å². The number of benzene rings is 3. The molecule has 7 heteroatoms. The smallest absolute Gasteiger partial charge is 0.241 e. The van der Waals surface area contributed by atoms with Crippen molar-refractivity contribution in [3.63, 3.8) is 0 Å². The predicted octanol–water partition coefficient (Wildman–Crippen LogP) is 4.14. The van der Waals surface area contributed by atoms with E-state index in [0.717, 1.165) is 16.0 Å². The predicted molar refractivity (Wildman–Crippen MR) is 123 cm³/mol. The van der Waals surface area contributed by atoms with E-state index < -0.39 is 52.7 Å². The molecule has 2 fully saturated rings. The Kier molecular flexibility index (Phi) is 4.47. The number of carbonyl (C=O) groups is 4. The summed E-state index contributed by atoms with van der Waals surface area (Å²) in [5.41, 5.74) is 0.866. The number of halogens is 1. The average molecular weight is 469 g/mol. The van der Waals surface area contributed by atoms with Gasteiger partial charge in [0.25, 0.3) is 0 Å². The van der Waals surface area contributed by atoms with Crippen LogP contribution in [0.15, 0.2) is 66.7 Å². The fourth-order valence-corrected chi connectivity index (χ4v) is 5.59. The van der Waals surface area contributed by atoms with Crippen molar-refractivity contribution < 1.29 is 28.3 Å². The SMILES string of the molecule is Cc1ccc(N2C(=O)[C@H]3[C@@H](c4ccc(F)cc4)OC4(C(=O)c5ccccc5C4=O)[C@@H]3C2=O)cc1C. The van der Waals surface area contributed by atoms with Crippen molar-refractivity contribution in [3.05, 3.63) is 100 Å². The van der Waals surface area contributed by atoms with Crippen molar-refractivity contribution in [3.8, 4) is 0 Å². The van der Waals surface area contributed by atoms with E-state index in [1.807, 2.05) is 19.9 Å². The van der Waals surface area contributed by atoms with Crippen LogP contribution in [-0.2, 0) is 14.3 Å². The number of hydrogen-bond acceptors (Lipinski definition) is 5. The van der Waals surface area contributed by atoms with Crippen molar-refractivity contribution in [2.24, 2.45) is 11.8 Å². The molecule has 3 aromatic carbocycles. The van der Waals surface area contributed by atoms with Gasteiger partial charge in [-0.05, 0) is 54.8 Å². The van der Waals surface area contributed by atoms with Gasteiger partial charge in [0.2, 0.25) is 29.0 Å². The second-order valence-corrected chi connectivity index (χ2v) is 9.31. The van der Waals surface area contributed by atoms with Crippen LogP contribution in [0.4, 0.5) is 10.1 Å². The van der Waals surface area contributed by atoms with Gasteiger partial charge in [-0.25, -0.2) is 9.29 Å². The number of nitrogens with zero attached hydrogens (tertiary/aromatic N) is 1. The first-order chi connectivity index (χ1) is 16.8. The van der Waals surface area contributed by atoms with Gasteiger partial charge in [0.15, 0.2) is 0 Å². The molecular weight excluding hydrogens is 449 g/mol. The maximum atomic E-state index is 13.9. The van der Waals surface area contributed by atoms with Crippen LogP contribution in [0.1, 0.15) is 43.5 Å². The van der Waals surface area contributed by atoms with E-state index in [2.05, 4.69) is 0 Å². The highest BCUT2D eigenvalue weighted by atomic mass is 19.1. The lowest BCUT2D eigenvalue weighted by atomic mass is 9.77. The molecule has 3 aromatic rings. The lowest BCUT2D eigenvalue weighted by Gasteiger charge is -2.27. The first kappa shape index (κ1) is 21.6. The number of Topliss-reactive ketones (excluding diaryl/α,β-unsaturated/α-hetero) is 2. The highest BCUT2D eigenvalue weighted by Crippen LogP contribution is 2.57. The van der Waals surface area contributed by atoms with E-state index >= 15 is 0 Å². The van der Waals surface area contributed by atoms with Crippen molar-refractivity contribution >= 4 is 29.1 Å². The highest BCUT2D eigenvalue weighted by molar-refractivity contribution is 6.37. The molecule has 1 aliphatic carbocycles. The lowest BCUT2D eigenvalue weighted by Crippen LogP contribution is -2.51. The van der Waals surface area contributed by atoms with Crippen LogP contribution in [0.25, 0.3) is 0 Å². The minimum Gasteiger partial charge on any atom is -0.349 e. The Balaban J connectivity index is 1.54. The third-order valence-electron chi connectivity index (χ3n) is 7.47. The number of ketones is 2. The van der Waals surface area contributed by atoms with Gasteiger partial charge in [0, 0.05) is 11.1 Å². The molecule has 3 aliphatic rings. The summed E-state index contributed by atoms with van der Waals surface area (Å²) in [5, 5.41) is 0. The number of anilines is 1. The molecule has 0 bridgehead atoms. The first-order valence-electron chi connectivity index (χ1n) is 11.3. The normalized spacial score (nSPS) is 24.4. The van der Waals surface area contributed by atoms with Crippen LogP contribution >= 0.6 is 0 Å². The molecule has 6 rings (SSSR count). The maximum absolute atomic E-state index is 13.9. The van der Waals surface area contributed by atoms with E-state index in [-0.39, 0.29) is 11.1 Å². The topological polar surface area (TPSA) is 80.8 Å². The molecule has 0 unspecified atom stereocenters. The van der Waals surface area contributed by atoms with Gasteiger partial charge in [-0.1, -0.05) is 42.5 Å². The maximum Gasteiger partial charge on any atom is 0.241 e. The van der Waals surface area contributed by atoms with Crippen molar-refractivity contribution in [1.29, 1.82) is 0 Å². The zero-order valence-corrected chi connectivity index (χ0v) is 18.9. The van der Waals surface area contributed by atoms with Crippen LogP contribution in [0, 0.1) is 31.5 Å². The number of hydrogen-bond donors (Lipinski definition) is 0. The molecule has 0 saturated carbocycles. The van der Waals surface area contributed by atoms with Crippen LogP contribution in [0.3, 0.4) is 0 Å². The Morgan fingerprint density at radius 3 is 2.03 bits per heavy atom. The highest BCUT2D eigenvalue weighted by Gasteiger charge is 2.74. The van der Waals surface area contributed by atoms with Crippen molar-refractivity contribution in [2.45, 2.75) is 25.6 Å². The summed E-state index contributed by atoms with van der Waals surface area (Å²) in [4.78, 5) is 56.2. The molecule has 0 radical (unpaired) electrons. The second-order valence-electron chi connectivity index (χ2n) is 9.31. The molecule has 2 aliphatic heterocycles. The Morgan fingerprint density at radius 2 is 1.43 bits per heavy atom. The van der Waals surface area contributed by atoms with Crippen LogP contribution < -0.4 is 4.90 Å². The van der Waals surface area contributed by atoms with Gasteiger partial charge >= 0.3 is 0 Å². The van der Waals surface area contributed by atoms with E-state index in [1.54, 1.807) is 24.3 Å².